The molecule has 0 saturated heterocycles. The van der Waals surface area contributed by atoms with E-state index in [0.29, 0.717) is 0 Å². The molecular weight excluding hydrogens is 182 g/mol. The molecule has 0 aromatic rings. The van der Waals surface area contributed by atoms with Crippen LogP contribution in [0.2, 0.25) is 0 Å². The van der Waals surface area contributed by atoms with E-state index in [1.54, 1.807) is 13.0 Å². The minimum Gasteiger partial charge on any atom is -0.211 e. The van der Waals surface area contributed by atoms with E-state index in [-0.39, 0.29) is 6.42 Å². The van der Waals surface area contributed by atoms with Crippen molar-refractivity contribution in [3.63, 3.8) is 0 Å². The molecule has 0 fully saturated rings. The molecule has 0 amide bonds. The zero-order valence-corrected chi connectivity index (χ0v) is 9.70. The predicted octanol–water partition coefficient (Wildman–Crippen LogP) is 5.10. The lowest BCUT2D eigenvalue weighted by molar-refractivity contribution is 0.600. The number of hydrogen-bond donors (Lipinski definition) is 0. The maximum absolute atomic E-state index is 12.4. The van der Waals surface area contributed by atoms with E-state index in [2.05, 4.69) is 0 Å². The summed E-state index contributed by atoms with van der Waals surface area (Å²) >= 11 is 0. The largest absolute Gasteiger partial charge is 0.211 e. The zero-order chi connectivity index (χ0) is 11.6. The van der Waals surface area contributed by atoms with Crippen molar-refractivity contribution in [2.75, 3.05) is 0 Å². The first kappa shape index (κ1) is 15.5. The number of halogens is 2. The fourth-order valence-corrected chi connectivity index (χ4v) is 0.785. The molecule has 0 unspecified atom stereocenters. The van der Waals surface area contributed by atoms with Gasteiger partial charge in [0.2, 0.25) is 0 Å². The second-order valence-corrected chi connectivity index (χ2v) is 2.27. The van der Waals surface area contributed by atoms with Crippen molar-refractivity contribution in [3.05, 3.63) is 35.5 Å². The summed E-state index contributed by atoms with van der Waals surface area (Å²) < 4.78 is 24.9. The molecule has 1 aliphatic carbocycles. The van der Waals surface area contributed by atoms with Gasteiger partial charge in [0.15, 0.2) is 0 Å². The molecule has 0 aliphatic heterocycles. The summed E-state index contributed by atoms with van der Waals surface area (Å²) in [6, 6.07) is 0. The van der Waals surface area contributed by atoms with Crippen molar-refractivity contribution in [1.29, 1.82) is 0 Å². The van der Waals surface area contributed by atoms with Crippen molar-refractivity contribution in [3.8, 4) is 0 Å². The van der Waals surface area contributed by atoms with Crippen molar-refractivity contribution >= 4 is 0 Å². The van der Waals surface area contributed by atoms with Crippen molar-refractivity contribution in [2.45, 2.75) is 41.0 Å². The van der Waals surface area contributed by atoms with E-state index in [1.807, 2.05) is 27.7 Å². The number of rotatable bonds is 0. The van der Waals surface area contributed by atoms with Gasteiger partial charge in [-0.1, -0.05) is 39.3 Å². The van der Waals surface area contributed by atoms with Gasteiger partial charge in [0.25, 0.3) is 0 Å². The normalized spacial score (nSPS) is 14.4. The number of hydrogen-bond acceptors (Lipinski definition) is 0. The molecule has 1 rings (SSSR count). The summed E-state index contributed by atoms with van der Waals surface area (Å²) in [6.07, 6.45) is 4.08. The van der Waals surface area contributed by atoms with E-state index in [9.17, 15) is 8.78 Å². The predicted molar refractivity (Wildman–Crippen MR) is 59.5 cm³/mol. The van der Waals surface area contributed by atoms with E-state index in [1.165, 1.54) is 6.08 Å². The van der Waals surface area contributed by atoms with E-state index in [4.69, 9.17) is 0 Å². The molecule has 0 spiro atoms. The minimum absolute atomic E-state index is 0.204. The second kappa shape index (κ2) is 10.2. The first-order valence-electron chi connectivity index (χ1n) is 5.08. The maximum atomic E-state index is 12.4. The second-order valence-electron chi connectivity index (χ2n) is 2.27. The Balaban J connectivity index is 0. The molecule has 0 radical (unpaired) electrons. The van der Waals surface area contributed by atoms with Gasteiger partial charge >= 0.3 is 0 Å². The van der Waals surface area contributed by atoms with Crippen LogP contribution in [-0.4, -0.2) is 0 Å². The summed E-state index contributed by atoms with van der Waals surface area (Å²) in [5, 5.41) is 0. The molecular formula is C12H20F2. The molecule has 0 heterocycles. The van der Waals surface area contributed by atoms with Gasteiger partial charge < -0.3 is 0 Å². The SMILES string of the molecule is CC.CC.CC1=CCC(F)=CC(F)=C1. The van der Waals surface area contributed by atoms with E-state index < -0.39 is 11.7 Å². The van der Waals surface area contributed by atoms with Crippen LogP contribution in [0.15, 0.2) is 35.5 Å². The standard InChI is InChI=1S/C8H8F2.2C2H6/c1-6-2-3-7(9)5-8(10)4-6;2*1-2/h2,4-5H,3H2,1H3;2*1-2H3. The quantitative estimate of drug-likeness (QED) is 0.513. The van der Waals surface area contributed by atoms with Crippen LogP contribution in [0.1, 0.15) is 41.0 Å². The Morgan fingerprint density at radius 1 is 1.00 bits per heavy atom. The third-order valence-corrected chi connectivity index (χ3v) is 1.28. The smallest absolute Gasteiger partial charge is 0.126 e. The van der Waals surface area contributed by atoms with E-state index >= 15 is 0 Å². The average Bonchev–Trinajstić information content (AvgIpc) is 2.34. The monoisotopic (exact) mass is 202 g/mol. The molecule has 14 heavy (non-hydrogen) atoms. The minimum atomic E-state index is -0.510. The van der Waals surface area contributed by atoms with Crippen LogP contribution < -0.4 is 0 Å². The van der Waals surface area contributed by atoms with Crippen molar-refractivity contribution in [1.82, 2.24) is 0 Å². The molecule has 0 aromatic heterocycles. The lowest BCUT2D eigenvalue weighted by Gasteiger charge is -1.85. The highest BCUT2D eigenvalue weighted by atomic mass is 19.1. The average molecular weight is 202 g/mol. The van der Waals surface area contributed by atoms with Gasteiger partial charge in [-0.15, -0.1) is 0 Å². The summed E-state index contributed by atoms with van der Waals surface area (Å²) in [5.41, 5.74) is 0.765. The van der Waals surface area contributed by atoms with Gasteiger partial charge in [0, 0.05) is 12.5 Å². The summed E-state index contributed by atoms with van der Waals surface area (Å²) in [4.78, 5) is 0. The molecule has 82 valence electrons. The molecule has 0 N–H and O–H groups in total. The Kier molecular flexibility index (Phi) is 11.3. The van der Waals surface area contributed by atoms with Crippen molar-refractivity contribution < 1.29 is 8.78 Å². The first-order valence-corrected chi connectivity index (χ1v) is 5.08. The molecule has 0 saturated carbocycles. The number of allylic oxidation sites excluding steroid dienone is 6. The highest BCUT2D eigenvalue weighted by Crippen LogP contribution is 2.17. The first-order chi connectivity index (χ1) is 6.68. The molecule has 2 heteroatoms. The van der Waals surface area contributed by atoms with Gasteiger partial charge in [-0.05, 0) is 13.0 Å². The maximum Gasteiger partial charge on any atom is 0.126 e. The lowest BCUT2D eigenvalue weighted by Crippen LogP contribution is -1.67. The Hall–Kier alpha value is -0.920. The molecule has 0 aromatic carbocycles. The van der Waals surface area contributed by atoms with Gasteiger partial charge in [0.05, 0.1) is 0 Å². The van der Waals surface area contributed by atoms with Gasteiger partial charge in [0.1, 0.15) is 11.7 Å². The van der Waals surface area contributed by atoms with Crippen LogP contribution in [0.3, 0.4) is 0 Å². The highest BCUT2D eigenvalue weighted by molar-refractivity contribution is 5.30. The van der Waals surface area contributed by atoms with Crippen LogP contribution in [0, 0.1) is 0 Å². The molecule has 0 bridgehead atoms. The fourth-order valence-electron chi connectivity index (χ4n) is 0.785. The molecule has 0 atom stereocenters. The third kappa shape index (κ3) is 7.71. The Morgan fingerprint density at radius 2 is 1.50 bits per heavy atom. The van der Waals surface area contributed by atoms with Crippen LogP contribution in [0.4, 0.5) is 8.78 Å². The Labute approximate surface area is 86.0 Å². The fraction of sp³-hybridized carbons (Fsp3) is 0.500. The van der Waals surface area contributed by atoms with Crippen LogP contribution in [0.5, 0.6) is 0 Å². The van der Waals surface area contributed by atoms with Gasteiger partial charge in [-0.3, -0.25) is 0 Å². The van der Waals surface area contributed by atoms with Crippen LogP contribution in [0.25, 0.3) is 0 Å². The Bertz CT molecular complexity index is 222. The summed E-state index contributed by atoms with van der Waals surface area (Å²) in [6.45, 7) is 9.74. The molecule has 0 nitrogen and oxygen atoms in total. The lowest BCUT2D eigenvalue weighted by atomic mass is 10.2. The summed E-state index contributed by atoms with van der Waals surface area (Å²) in [7, 11) is 0. The summed E-state index contributed by atoms with van der Waals surface area (Å²) in [5.74, 6) is -0.936. The van der Waals surface area contributed by atoms with Gasteiger partial charge in [-0.2, -0.15) is 0 Å². The van der Waals surface area contributed by atoms with Crippen LogP contribution in [-0.2, 0) is 0 Å². The Morgan fingerprint density at radius 3 is 2.00 bits per heavy atom. The third-order valence-electron chi connectivity index (χ3n) is 1.28. The zero-order valence-electron chi connectivity index (χ0n) is 9.70. The topological polar surface area (TPSA) is 0 Å². The van der Waals surface area contributed by atoms with Crippen molar-refractivity contribution in [2.24, 2.45) is 0 Å². The van der Waals surface area contributed by atoms with Gasteiger partial charge in [-0.25, -0.2) is 8.78 Å². The van der Waals surface area contributed by atoms with Crippen LogP contribution >= 0.6 is 0 Å². The highest BCUT2D eigenvalue weighted by Gasteiger charge is 2.00. The van der Waals surface area contributed by atoms with E-state index in [0.717, 1.165) is 11.6 Å². The molecule has 1 aliphatic rings.